The standard InChI is InChI=1S/C12H18N4O4/c1-7-8(5-14-15(7)2)4-13-12(20)16-6-9(17)3-10(16)11(18)19/h5,9-10,17H,3-4,6H2,1-2H3,(H,13,20)(H,18,19)/t9-,10-/m0/s1. The fourth-order valence-electron chi connectivity index (χ4n) is 2.26. The van der Waals surface area contributed by atoms with Crippen LogP contribution in [0.5, 0.6) is 0 Å². The van der Waals surface area contributed by atoms with E-state index in [9.17, 15) is 14.7 Å². The van der Waals surface area contributed by atoms with Crippen LogP contribution in [0, 0.1) is 6.92 Å². The minimum absolute atomic E-state index is 0.0365. The lowest BCUT2D eigenvalue weighted by Gasteiger charge is -2.21. The SMILES string of the molecule is Cc1c(CNC(=O)N2C[C@@H](O)C[C@H]2C(=O)O)cnn1C. The molecule has 2 amide bonds. The van der Waals surface area contributed by atoms with Crippen molar-refractivity contribution in [3.8, 4) is 0 Å². The summed E-state index contributed by atoms with van der Waals surface area (Å²) in [7, 11) is 1.80. The van der Waals surface area contributed by atoms with Gasteiger partial charge in [0.05, 0.1) is 12.3 Å². The number of hydrogen-bond acceptors (Lipinski definition) is 4. The van der Waals surface area contributed by atoms with E-state index in [0.29, 0.717) is 0 Å². The number of aryl methyl sites for hydroxylation is 1. The summed E-state index contributed by atoms with van der Waals surface area (Å²) in [5.74, 6) is -1.10. The second-order valence-corrected chi connectivity index (χ2v) is 4.93. The molecule has 0 saturated carbocycles. The van der Waals surface area contributed by atoms with Gasteiger partial charge in [0.15, 0.2) is 0 Å². The molecular weight excluding hydrogens is 264 g/mol. The number of aliphatic hydroxyl groups is 1. The quantitative estimate of drug-likeness (QED) is 0.690. The number of nitrogens with zero attached hydrogens (tertiary/aromatic N) is 3. The molecule has 2 heterocycles. The summed E-state index contributed by atoms with van der Waals surface area (Å²) in [6, 6.07) is -1.46. The molecule has 0 unspecified atom stereocenters. The van der Waals surface area contributed by atoms with Crippen molar-refractivity contribution in [2.75, 3.05) is 6.54 Å². The Morgan fingerprint density at radius 1 is 1.55 bits per heavy atom. The minimum atomic E-state index is -1.10. The zero-order chi connectivity index (χ0) is 14.9. The van der Waals surface area contributed by atoms with Gasteiger partial charge in [-0.25, -0.2) is 9.59 Å². The van der Waals surface area contributed by atoms with Crippen LogP contribution in [0.3, 0.4) is 0 Å². The normalized spacial score (nSPS) is 22.1. The molecule has 1 aromatic heterocycles. The number of rotatable bonds is 3. The Morgan fingerprint density at radius 3 is 2.80 bits per heavy atom. The van der Waals surface area contributed by atoms with Crippen LogP contribution in [0.1, 0.15) is 17.7 Å². The van der Waals surface area contributed by atoms with Crippen LogP contribution in [0.2, 0.25) is 0 Å². The van der Waals surface area contributed by atoms with E-state index in [1.54, 1.807) is 17.9 Å². The minimum Gasteiger partial charge on any atom is -0.480 e. The van der Waals surface area contributed by atoms with Gasteiger partial charge < -0.3 is 20.4 Å². The van der Waals surface area contributed by atoms with Gasteiger partial charge >= 0.3 is 12.0 Å². The fraction of sp³-hybridized carbons (Fsp3) is 0.583. The molecule has 0 radical (unpaired) electrons. The van der Waals surface area contributed by atoms with Gasteiger partial charge in [0.2, 0.25) is 0 Å². The third kappa shape index (κ3) is 2.74. The Balaban J connectivity index is 1.98. The lowest BCUT2D eigenvalue weighted by Crippen LogP contribution is -2.46. The van der Waals surface area contributed by atoms with Crippen LogP contribution in [0.4, 0.5) is 4.79 Å². The second kappa shape index (κ2) is 5.49. The number of carbonyl (C=O) groups is 2. The van der Waals surface area contributed by atoms with E-state index < -0.39 is 24.1 Å². The summed E-state index contributed by atoms with van der Waals surface area (Å²) < 4.78 is 1.70. The first kappa shape index (κ1) is 14.3. The Hall–Kier alpha value is -2.09. The van der Waals surface area contributed by atoms with Crippen molar-refractivity contribution in [3.05, 3.63) is 17.5 Å². The number of carboxylic acid groups (broad SMARTS) is 1. The van der Waals surface area contributed by atoms with Gasteiger partial charge in [-0.1, -0.05) is 0 Å². The smallest absolute Gasteiger partial charge is 0.326 e. The van der Waals surface area contributed by atoms with E-state index in [1.807, 2.05) is 6.92 Å². The maximum Gasteiger partial charge on any atom is 0.326 e. The maximum absolute atomic E-state index is 12.0. The number of hydrogen-bond donors (Lipinski definition) is 3. The molecule has 8 heteroatoms. The molecule has 0 spiro atoms. The lowest BCUT2D eigenvalue weighted by molar-refractivity contribution is -0.141. The van der Waals surface area contributed by atoms with Crippen molar-refractivity contribution in [2.45, 2.75) is 32.0 Å². The number of carboxylic acids is 1. The number of β-amino-alcohol motifs (C(OH)–C–C–N with tert-alkyl or cyclic N) is 1. The van der Waals surface area contributed by atoms with E-state index in [1.165, 1.54) is 0 Å². The van der Waals surface area contributed by atoms with E-state index in [-0.39, 0.29) is 19.5 Å². The first-order valence-corrected chi connectivity index (χ1v) is 6.33. The summed E-state index contributed by atoms with van der Waals surface area (Å²) in [5.41, 5.74) is 1.80. The zero-order valence-corrected chi connectivity index (χ0v) is 11.4. The van der Waals surface area contributed by atoms with Gasteiger partial charge in [-0.05, 0) is 6.92 Å². The number of aliphatic carboxylic acids is 1. The Bertz CT molecular complexity index is 528. The van der Waals surface area contributed by atoms with Crippen molar-refractivity contribution in [2.24, 2.45) is 7.05 Å². The van der Waals surface area contributed by atoms with Crippen LogP contribution in [-0.2, 0) is 18.4 Å². The van der Waals surface area contributed by atoms with Crippen LogP contribution >= 0.6 is 0 Å². The largest absolute Gasteiger partial charge is 0.480 e. The molecule has 1 aliphatic rings. The molecule has 110 valence electrons. The molecule has 0 aliphatic carbocycles. The maximum atomic E-state index is 12.0. The highest BCUT2D eigenvalue weighted by atomic mass is 16.4. The van der Waals surface area contributed by atoms with Crippen molar-refractivity contribution in [1.29, 1.82) is 0 Å². The van der Waals surface area contributed by atoms with Gasteiger partial charge in [-0.2, -0.15) is 5.10 Å². The number of likely N-dealkylation sites (tertiary alicyclic amines) is 1. The first-order valence-electron chi connectivity index (χ1n) is 6.33. The van der Waals surface area contributed by atoms with Crippen LogP contribution < -0.4 is 5.32 Å². The predicted octanol–water partition coefficient (Wildman–Crippen LogP) is -0.542. The number of aliphatic hydroxyl groups excluding tert-OH is 1. The van der Waals surface area contributed by atoms with E-state index in [4.69, 9.17) is 5.11 Å². The molecule has 1 fully saturated rings. The third-order valence-electron chi connectivity index (χ3n) is 3.59. The number of amides is 2. The average molecular weight is 282 g/mol. The van der Waals surface area contributed by atoms with Gasteiger partial charge in [0, 0.05) is 37.8 Å². The summed E-state index contributed by atoms with van der Waals surface area (Å²) in [5, 5.41) is 25.3. The molecule has 1 saturated heterocycles. The Labute approximate surface area is 116 Å². The van der Waals surface area contributed by atoms with Gasteiger partial charge in [-0.3, -0.25) is 4.68 Å². The average Bonchev–Trinajstić information content (AvgIpc) is 2.92. The molecule has 2 rings (SSSR count). The fourth-order valence-corrected chi connectivity index (χ4v) is 2.26. The molecule has 0 aromatic carbocycles. The summed E-state index contributed by atoms with van der Waals surface area (Å²) in [6.07, 6.45) is 0.930. The highest BCUT2D eigenvalue weighted by Crippen LogP contribution is 2.18. The number of carbonyl (C=O) groups excluding carboxylic acids is 1. The van der Waals surface area contributed by atoms with Crippen molar-refractivity contribution >= 4 is 12.0 Å². The van der Waals surface area contributed by atoms with Crippen molar-refractivity contribution in [1.82, 2.24) is 20.0 Å². The first-order chi connectivity index (χ1) is 9.40. The van der Waals surface area contributed by atoms with E-state index >= 15 is 0 Å². The summed E-state index contributed by atoms with van der Waals surface area (Å²) in [4.78, 5) is 24.2. The van der Waals surface area contributed by atoms with Crippen LogP contribution in [-0.4, -0.2) is 55.6 Å². The molecule has 0 bridgehead atoms. The van der Waals surface area contributed by atoms with Crippen molar-refractivity contribution < 1.29 is 19.8 Å². The topological polar surface area (TPSA) is 108 Å². The monoisotopic (exact) mass is 282 g/mol. The third-order valence-corrected chi connectivity index (χ3v) is 3.59. The lowest BCUT2D eigenvalue weighted by atomic mass is 10.2. The van der Waals surface area contributed by atoms with Crippen molar-refractivity contribution in [3.63, 3.8) is 0 Å². The summed E-state index contributed by atoms with van der Waals surface area (Å²) >= 11 is 0. The molecular formula is C12H18N4O4. The highest BCUT2D eigenvalue weighted by molar-refractivity contribution is 5.83. The van der Waals surface area contributed by atoms with Crippen LogP contribution in [0.25, 0.3) is 0 Å². The molecule has 1 aromatic rings. The Kier molecular flexibility index (Phi) is 3.93. The molecule has 1 aliphatic heterocycles. The predicted molar refractivity (Wildman–Crippen MR) is 68.9 cm³/mol. The molecule has 8 nitrogen and oxygen atoms in total. The van der Waals surface area contributed by atoms with E-state index in [0.717, 1.165) is 16.2 Å². The second-order valence-electron chi connectivity index (χ2n) is 4.93. The highest BCUT2D eigenvalue weighted by Gasteiger charge is 2.38. The van der Waals surface area contributed by atoms with Gasteiger partial charge in [0.1, 0.15) is 6.04 Å². The number of aromatic nitrogens is 2. The number of nitrogens with one attached hydrogen (secondary N) is 1. The molecule has 20 heavy (non-hydrogen) atoms. The van der Waals surface area contributed by atoms with E-state index in [2.05, 4.69) is 10.4 Å². The van der Waals surface area contributed by atoms with Gasteiger partial charge in [-0.15, -0.1) is 0 Å². The molecule has 3 N–H and O–H groups in total. The summed E-state index contributed by atoms with van der Waals surface area (Å²) in [6.45, 7) is 2.19. The Morgan fingerprint density at radius 2 is 2.25 bits per heavy atom. The number of urea groups is 1. The zero-order valence-electron chi connectivity index (χ0n) is 11.4. The van der Waals surface area contributed by atoms with Gasteiger partial charge in [0.25, 0.3) is 0 Å². The van der Waals surface area contributed by atoms with Crippen LogP contribution in [0.15, 0.2) is 6.20 Å². The molecule has 2 atom stereocenters.